The van der Waals surface area contributed by atoms with Gasteiger partial charge in [0, 0.05) is 55.9 Å². The molecule has 40 heavy (non-hydrogen) atoms. The molecule has 3 aromatic rings. The minimum atomic E-state index is -1.06. The summed E-state index contributed by atoms with van der Waals surface area (Å²) in [6, 6.07) is 13.5. The van der Waals surface area contributed by atoms with E-state index in [1.807, 2.05) is 0 Å². The fraction of sp³-hybridized carbons (Fsp3) is 0.419. The monoisotopic (exact) mass is 550 g/mol. The Morgan fingerprint density at radius 1 is 1.00 bits per heavy atom. The van der Waals surface area contributed by atoms with Crippen LogP contribution in [0.4, 0.5) is 8.78 Å². The number of likely N-dealkylation sites (tertiary alicyclic amines) is 1. The third-order valence-electron chi connectivity index (χ3n) is 8.20. The van der Waals surface area contributed by atoms with E-state index in [0.29, 0.717) is 24.7 Å². The highest BCUT2D eigenvalue weighted by Gasteiger charge is 2.48. The summed E-state index contributed by atoms with van der Waals surface area (Å²) >= 11 is 0. The SMILES string of the molecule is O=C(C[C@@H](C(=O)O)c1ccccc1)CC1(CC(=O)c2cc(-c3ccc(F)cc3F)on2)CN(C2CCCCC2)C1. The van der Waals surface area contributed by atoms with Crippen LogP contribution in [0.3, 0.4) is 0 Å². The summed E-state index contributed by atoms with van der Waals surface area (Å²) in [5, 5.41) is 13.6. The van der Waals surface area contributed by atoms with Crippen molar-refractivity contribution in [3.63, 3.8) is 0 Å². The van der Waals surface area contributed by atoms with E-state index < -0.39 is 28.9 Å². The Labute approximate surface area is 231 Å². The molecule has 1 aliphatic heterocycles. The Morgan fingerprint density at radius 2 is 1.73 bits per heavy atom. The lowest BCUT2D eigenvalue weighted by Gasteiger charge is -2.54. The van der Waals surface area contributed by atoms with E-state index in [1.54, 1.807) is 30.3 Å². The number of benzene rings is 2. The average Bonchev–Trinajstić information content (AvgIpc) is 3.41. The molecular formula is C31H32F2N2O5. The molecule has 0 radical (unpaired) electrons. The Morgan fingerprint density at radius 3 is 2.40 bits per heavy atom. The van der Waals surface area contributed by atoms with E-state index in [0.717, 1.165) is 37.8 Å². The van der Waals surface area contributed by atoms with Crippen LogP contribution in [0.25, 0.3) is 11.3 Å². The van der Waals surface area contributed by atoms with Gasteiger partial charge in [-0.05, 0) is 30.5 Å². The van der Waals surface area contributed by atoms with Gasteiger partial charge in [0.15, 0.2) is 11.5 Å². The normalized spacial score (nSPS) is 18.1. The second kappa shape index (κ2) is 11.8. The van der Waals surface area contributed by atoms with E-state index in [9.17, 15) is 28.3 Å². The molecule has 1 aliphatic carbocycles. The van der Waals surface area contributed by atoms with E-state index in [4.69, 9.17) is 4.52 Å². The largest absolute Gasteiger partial charge is 0.481 e. The third kappa shape index (κ3) is 6.20. The van der Waals surface area contributed by atoms with Crippen molar-refractivity contribution in [2.45, 2.75) is 63.3 Å². The Hall–Kier alpha value is -3.72. The van der Waals surface area contributed by atoms with Gasteiger partial charge < -0.3 is 9.63 Å². The minimum Gasteiger partial charge on any atom is -0.481 e. The molecule has 1 saturated heterocycles. The molecule has 1 aromatic heterocycles. The van der Waals surface area contributed by atoms with Crippen molar-refractivity contribution in [1.82, 2.24) is 10.1 Å². The molecule has 0 bridgehead atoms. The van der Waals surface area contributed by atoms with Gasteiger partial charge >= 0.3 is 5.97 Å². The topological polar surface area (TPSA) is 101 Å². The number of hydrogen-bond acceptors (Lipinski definition) is 6. The van der Waals surface area contributed by atoms with E-state index in [-0.39, 0.29) is 47.8 Å². The van der Waals surface area contributed by atoms with Crippen LogP contribution in [0.2, 0.25) is 0 Å². The quantitative estimate of drug-likeness (QED) is 0.290. The molecule has 2 heterocycles. The molecule has 1 N–H and O–H groups in total. The molecule has 9 heteroatoms. The van der Waals surface area contributed by atoms with Gasteiger partial charge in [0.2, 0.25) is 0 Å². The van der Waals surface area contributed by atoms with Crippen molar-refractivity contribution in [3.05, 3.63) is 77.5 Å². The molecule has 1 atom stereocenters. The van der Waals surface area contributed by atoms with Crippen LogP contribution in [-0.4, -0.2) is 51.8 Å². The molecular weight excluding hydrogens is 518 g/mol. The molecule has 2 aliphatic rings. The van der Waals surface area contributed by atoms with Gasteiger partial charge in [-0.25, -0.2) is 8.78 Å². The first-order valence-electron chi connectivity index (χ1n) is 13.7. The number of carbonyl (C=O) groups is 3. The minimum absolute atomic E-state index is 0.00867. The fourth-order valence-corrected chi connectivity index (χ4v) is 6.21. The molecule has 5 rings (SSSR count). The number of ketones is 2. The maximum atomic E-state index is 14.2. The number of halogens is 2. The molecule has 0 spiro atoms. The Kier molecular flexibility index (Phi) is 8.21. The van der Waals surface area contributed by atoms with E-state index in [1.165, 1.54) is 18.6 Å². The number of carboxylic acid groups (broad SMARTS) is 1. The van der Waals surface area contributed by atoms with Crippen LogP contribution >= 0.6 is 0 Å². The summed E-state index contributed by atoms with van der Waals surface area (Å²) in [4.78, 5) is 41.0. The highest BCUT2D eigenvalue weighted by Crippen LogP contribution is 2.43. The van der Waals surface area contributed by atoms with Crippen LogP contribution in [0.15, 0.2) is 59.1 Å². The van der Waals surface area contributed by atoms with Gasteiger partial charge in [-0.15, -0.1) is 0 Å². The van der Waals surface area contributed by atoms with Crippen molar-refractivity contribution in [2.75, 3.05) is 13.1 Å². The second-order valence-electron chi connectivity index (χ2n) is 11.2. The van der Waals surface area contributed by atoms with Crippen LogP contribution in [0.1, 0.15) is 73.3 Å². The van der Waals surface area contributed by atoms with Gasteiger partial charge in [-0.3, -0.25) is 19.3 Å². The van der Waals surface area contributed by atoms with Crippen LogP contribution in [-0.2, 0) is 9.59 Å². The molecule has 0 unspecified atom stereocenters. The van der Waals surface area contributed by atoms with E-state index in [2.05, 4.69) is 10.1 Å². The molecule has 2 fully saturated rings. The maximum Gasteiger partial charge on any atom is 0.311 e. The first kappa shape index (κ1) is 27.8. The van der Waals surface area contributed by atoms with Crippen LogP contribution in [0, 0.1) is 17.0 Å². The Balaban J connectivity index is 1.32. The first-order chi connectivity index (χ1) is 19.2. The number of aliphatic carboxylic acids is 1. The maximum absolute atomic E-state index is 14.2. The lowest BCUT2D eigenvalue weighted by Crippen LogP contribution is -2.61. The van der Waals surface area contributed by atoms with Crippen LogP contribution < -0.4 is 0 Å². The molecule has 0 amide bonds. The molecule has 1 saturated carbocycles. The summed E-state index contributed by atoms with van der Waals surface area (Å²) in [6.45, 7) is 1.13. The van der Waals surface area contributed by atoms with Crippen molar-refractivity contribution in [2.24, 2.45) is 5.41 Å². The third-order valence-corrected chi connectivity index (χ3v) is 8.20. The highest BCUT2D eigenvalue weighted by atomic mass is 19.1. The summed E-state index contributed by atoms with van der Waals surface area (Å²) in [5.41, 5.74) is -0.0833. The van der Waals surface area contributed by atoms with Crippen molar-refractivity contribution in [3.8, 4) is 11.3 Å². The van der Waals surface area contributed by atoms with Gasteiger partial charge in [0.05, 0.1) is 11.5 Å². The zero-order chi connectivity index (χ0) is 28.3. The summed E-state index contributed by atoms with van der Waals surface area (Å²) in [6.07, 6.45) is 5.66. The number of carboxylic acids is 1. The molecule has 210 valence electrons. The first-order valence-corrected chi connectivity index (χ1v) is 13.7. The van der Waals surface area contributed by atoms with Crippen LogP contribution in [0.5, 0.6) is 0 Å². The average molecular weight is 551 g/mol. The fourth-order valence-electron chi connectivity index (χ4n) is 6.21. The highest BCUT2D eigenvalue weighted by molar-refractivity contribution is 5.96. The lowest BCUT2D eigenvalue weighted by molar-refractivity contribution is -0.141. The molecule has 7 nitrogen and oxygen atoms in total. The van der Waals surface area contributed by atoms with Gasteiger partial charge in [0.25, 0.3) is 0 Å². The smallest absolute Gasteiger partial charge is 0.311 e. The zero-order valence-electron chi connectivity index (χ0n) is 22.2. The van der Waals surface area contributed by atoms with Crippen molar-refractivity contribution < 1.29 is 32.8 Å². The number of carbonyl (C=O) groups excluding carboxylic acids is 2. The predicted octanol–water partition coefficient (Wildman–Crippen LogP) is 6.05. The number of hydrogen-bond donors (Lipinski definition) is 1. The van der Waals surface area contributed by atoms with Gasteiger partial charge in [-0.2, -0.15) is 0 Å². The number of rotatable bonds is 11. The Bertz CT molecular complexity index is 1380. The van der Waals surface area contributed by atoms with Gasteiger partial charge in [-0.1, -0.05) is 54.8 Å². The van der Waals surface area contributed by atoms with Crippen molar-refractivity contribution >= 4 is 17.5 Å². The van der Waals surface area contributed by atoms with Crippen molar-refractivity contribution in [1.29, 1.82) is 0 Å². The lowest BCUT2D eigenvalue weighted by atomic mass is 9.69. The number of aromatic nitrogens is 1. The predicted molar refractivity (Wildman–Crippen MR) is 143 cm³/mol. The molecule has 2 aromatic carbocycles. The second-order valence-corrected chi connectivity index (χ2v) is 11.2. The van der Waals surface area contributed by atoms with Gasteiger partial charge in [0.1, 0.15) is 23.1 Å². The van der Waals surface area contributed by atoms with E-state index >= 15 is 0 Å². The summed E-state index contributed by atoms with van der Waals surface area (Å²) in [5.74, 6) is -4.12. The zero-order valence-corrected chi connectivity index (χ0v) is 22.2. The number of Topliss-reactive ketones (excluding diaryl/α,β-unsaturated/α-hetero) is 2. The summed E-state index contributed by atoms with van der Waals surface area (Å²) < 4.78 is 32.8. The number of nitrogens with zero attached hydrogens (tertiary/aromatic N) is 2. The standard InChI is InChI=1S/C31H32F2N2O5/c32-21-11-12-24(26(33)13-21)29-15-27(34-40-29)28(37)17-31(18-35(19-31)22-9-5-2-6-10-22)16-23(36)14-25(30(38)39)20-7-3-1-4-8-20/h1,3-4,7-8,11-13,15,22,25H,2,5-6,9-10,14,16-19H2,(H,38,39)/t25-/m1/s1. The summed E-state index contributed by atoms with van der Waals surface area (Å²) in [7, 11) is 0.